The number of ether oxygens (including phenoxy) is 1. The Morgan fingerprint density at radius 1 is 1.47 bits per heavy atom. The van der Waals surface area contributed by atoms with E-state index in [-0.39, 0.29) is 18.6 Å². The molecule has 0 saturated heterocycles. The number of nitrogens with one attached hydrogen (secondary N) is 1. The number of nitrogens with two attached hydrogens (primary N) is 1. The summed E-state index contributed by atoms with van der Waals surface area (Å²) in [5, 5.41) is 3.82. The largest absolute Gasteiger partial charge is 0.459 e. The first-order valence-electron chi connectivity index (χ1n) is 6.15. The molecule has 0 bridgehead atoms. The van der Waals surface area contributed by atoms with Crippen LogP contribution in [0.15, 0.2) is 34.7 Å². The Kier molecular flexibility index (Phi) is 4.19. The van der Waals surface area contributed by atoms with Gasteiger partial charge in [-0.05, 0) is 19.1 Å². The number of amides is 1. The number of furan rings is 1. The van der Waals surface area contributed by atoms with E-state index in [0.29, 0.717) is 5.76 Å². The summed E-state index contributed by atoms with van der Waals surface area (Å²) in [6.07, 6.45) is 0. The summed E-state index contributed by atoms with van der Waals surface area (Å²) < 4.78 is 10.5. The minimum absolute atomic E-state index is 0.193. The number of para-hydroxylation sites is 1. The van der Waals surface area contributed by atoms with Crippen LogP contribution in [0.4, 0.5) is 0 Å². The van der Waals surface area contributed by atoms with E-state index in [0.717, 1.165) is 11.0 Å². The lowest BCUT2D eigenvalue weighted by Gasteiger charge is -2.15. The van der Waals surface area contributed by atoms with Crippen molar-refractivity contribution in [3.05, 3.63) is 36.1 Å². The third kappa shape index (κ3) is 3.13. The maximum atomic E-state index is 11.8. The minimum atomic E-state index is -0.670. The molecular weight excluding hydrogens is 244 g/mol. The number of carbonyl (C=O) groups excluding carboxylic acids is 1. The monoisotopic (exact) mass is 262 g/mol. The molecule has 3 N–H and O–H groups in total. The zero-order chi connectivity index (χ0) is 13.8. The minimum Gasteiger partial charge on any atom is -0.459 e. The maximum Gasteiger partial charge on any atom is 0.239 e. The molecule has 5 nitrogen and oxygen atoms in total. The molecule has 2 aromatic rings. The van der Waals surface area contributed by atoms with Gasteiger partial charge in [0.05, 0.1) is 12.6 Å². The van der Waals surface area contributed by atoms with E-state index in [1.165, 1.54) is 7.11 Å². The molecule has 1 heterocycles. The molecule has 2 atom stereocenters. The highest BCUT2D eigenvalue weighted by molar-refractivity contribution is 5.82. The number of methoxy groups -OCH3 is 1. The number of hydrogen-bond acceptors (Lipinski definition) is 4. The van der Waals surface area contributed by atoms with Crippen LogP contribution in [0, 0.1) is 0 Å². The predicted molar refractivity (Wildman–Crippen MR) is 72.6 cm³/mol. The first kappa shape index (κ1) is 13.6. The van der Waals surface area contributed by atoms with Gasteiger partial charge in [0.1, 0.15) is 17.4 Å². The van der Waals surface area contributed by atoms with Crippen molar-refractivity contribution >= 4 is 16.9 Å². The highest BCUT2D eigenvalue weighted by atomic mass is 16.5. The van der Waals surface area contributed by atoms with Gasteiger partial charge >= 0.3 is 0 Å². The van der Waals surface area contributed by atoms with Gasteiger partial charge in [-0.25, -0.2) is 0 Å². The van der Waals surface area contributed by atoms with Crippen molar-refractivity contribution in [2.75, 3.05) is 13.7 Å². The topological polar surface area (TPSA) is 77.5 Å². The van der Waals surface area contributed by atoms with E-state index in [1.54, 1.807) is 0 Å². The fourth-order valence-electron chi connectivity index (χ4n) is 1.86. The normalized spacial score (nSPS) is 14.3. The lowest BCUT2D eigenvalue weighted by molar-refractivity contribution is -0.124. The lowest BCUT2D eigenvalue weighted by atomic mass is 10.2. The highest BCUT2D eigenvalue weighted by Gasteiger charge is 2.18. The standard InChI is InChI=1S/C14H18N2O3/c1-9(16-14(17)11(15)8-18-2)13-7-10-5-3-4-6-12(10)19-13/h3-7,9,11H,8,15H2,1-2H3,(H,16,17). The molecule has 2 unspecified atom stereocenters. The third-order valence-corrected chi connectivity index (χ3v) is 2.91. The molecule has 0 spiro atoms. The second-order valence-electron chi connectivity index (χ2n) is 4.48. The Morgan fingerprint density at radius 2 is 2.21 bits per heavy atom. The molecule has 19 heavy (non-hydrogen) atoms. The van der Waals surface area contributed by atoms with Gasteiger partial charge in [-0.3, -0.25) is 4.79 Å². The van der Waals surface area contributed by atoms with Gasteiger partial charge in [0.25, 0.3) is 0 Å². The number of hydrogen-bond donors (Lipinski definition) is 2. The third-order valence-electron chi connectivity index (χ3n) is 2.91. The summed E-state index contributed by atoms with van der Waals surface area (Å²) in [6.45, 7) is 2.05. The molecule has 0 fully saturated rings. The smallest absolute Gasteiger partial charge is 0.239 e. The Balaban J connectivity index is 2.07. The number of benzene rings is 1. The van der Waals surface area contributed by atoms with Crippen molar-refractivity contribution in [3.63, 3.8) is 0 Å². The second kappa shape index (κ2) is 5.86. The van der Waals surface area contributed by atoms with E-state index in [2.05, 4.69) is 5.32 Å². The number of carbonyl (C=O) groups is 1. The summed E-state index contributed by atoms with van der Waals surface area (Å²) in [7, 11) is 1.51. The second-order valence-corrected chi connectivity index (χ2v) is 4.48. The highest BCUT2D eigenvalue weighted by Crippen LogP contribution is 2.23. The molecule has 0 aliphatic rings. The molecule has 2 rings (SSSR count). The zero-order valence-electron chi connectivity index (χ0n) is 11.1. The summed E-state index contributed by atoms with van der Waals surface area (Å²) in [4.78, 5) is 11.8. The van der Waals surface area contributed by atoms with Crippen LogP contribution in [-0.2, 0) is 9.53 Å². The number of fused-ring (bicyclic) bond motifs is 1. The van der Waals surface area contributed by atoms with Crippen LogP contribution in [0.25, 0.3) is 11.0 Å². The van der Waals surface area contributed by atoms with Crippen LogP contribution >= 0.6 is 0 Å². The Morgan fingerprint density at radius 3 is 2.89 bits per heavy atom. The van der Waals surface area contributed by atoms with Crippen LogP contribution in [0.3, 0.4) is 0 Å². The van der Waals surface area contributed by atoms with Crippen molar-refractivity contribution in [2.45, 2.75) is 19.0 Å². The molecule has 1 aromatic carbocycles. The molecule has 0 aliphatic heterocycles. The van der Waals surface area contributed by atoms with Gasteiger partial charge in [0.2, 0.25) is 5.91 Å². The van der Waals surface area contributed by atoms with Crippen molar-refractivity contribution in [1.29, 1.82) is 0 Å². The van der Waals surface area contributed by atoms with Gasteiger partial charge in [-0.15, -0.1) is 0 Å². The van der Waals surface area contributed by atoms with Crippen LogP contribution < -0.4 is 11.1 Å². The van der Waals surface area contributed by atoms with Crippen molar-refractivity contribution < 1.29 is 13.9 Å². The van der Waals surface area contributed by atoms with E-state index >= 15 is 0 Å². The van der Waals surface area contributed by atoms with Crippen LogP contribution in [0.1, 0.15) is 18.7 Å². The van der Waals surface area contributed by atoms with E-state index in [9.17, 15) is 4.79 Å². The van der Waals surface area contributed by atoms with Gasteiger partial charge in [-0.1, -0.05) is 18.2 Å². The summed E-state index contributed by atoms with van der Waals surface area (Å²) in [6, 6.07) is 8.73. The molecular formula is C14H18N2O3. The van der Waals surface area contributed by atoms with E-state index < -0.39 is 6.04 Å². The Labute approximate surface area is 111 Å². The lowest BCUT2D eigenvalue weighted by Crippen LogP contribution is -2.44. The molecule has 1 amide bonds. The van der Waals surface area contributed by atoms with Crippen LogP contribution in [0.2, 0.25) is 0 Å². The van der Waals surface area contributed by atoms with Crippen LogP contribution in [-0.4, -0.2) is 25.7 Å². The fraction of sp³-hybridized carbons (Fsp3) is 0.357. The van der Waals surface area contributed by atoms with Crippen molar-refractivity contribution in [3.8, 4) is 0 Å². The Hall–Kier alpha value is -1.85. The maximum absolute atomic E-state index is 11.8. The van der Waals surface area contributed by atoms with E-state index in [1.807, 2.05) is 37.3 Å². The molecule has 5 heteroatoms. The number of rotatable bonds is 5. The average Bonchev–Trinajstić information content (AvgIpc) is 2.82. The molecule has 0 radical (unpaired) electrons. The fourth-order valence-corrected chi connectivity index (χ4v) is 1.86. The molecule has 102 valence electrons. The van der Waals surface area contributed by atoms with Gasteiger partial charge < -0.3 is 20.2 Å². The quantitative estimate of drug-likeness (QED) is 0.857. The van der Waals surface area contributed by atoms with Crippen molar-refractivity contribution in [2.24, 2.45) is 5.73 Å². The molecule has 0 saturated carbocycles. The summed E-state index contributed by atoms with van der Waals surface area (Å²) >= 11 is 0. The van der Waals surface area contributed by atoms with Crippen LogP contribution in [0.5, 0.6) is 0 Å². The molecule has 0 aliphatic carbocycles. The summed E-state index contributed by atoms with van der Waals surface area (Å²) in [5.41, 5.74) is 6.47. The SMILES string of the molecule is COCC(N)C(=O)NC(C)c1cc2ccccc2o1. The first-order valence-corrected chi connectivity index (χ1v) is 6.15. The first-order chi connectivity index (χ1) is 9.11. The zero-order valence-corrected chi connectivity index (χ0v) is 11.1. The predicted octanol–water partition coefficient (Wildman–Crippen LogP) is 1.58. The average molecular weight is 262 g/mol. The van der Waals surface area contributed by atoms with E-state index in [4.69, 9.17) is 14.9 Å². The van der Waals surface area contributed by atoms with Gasteiger partial charge in [-0.2, -0.15) is 0 Å². The Bertz CT molecular complexity index is 532. The molecule has 1 aromatic heterocycles. The van der Waals surface area contributed by atoms with Gasteiger partial charge in [0, 0.05) is 12.5 Å². The van der Waals surface area contributed by atoms with Gasteiger partial charge in [0.15, 0.2) is 0 Å². The summed E-state index contributed by atoms with van der Waals surface area (Å²) in [5.74, 6) is 0.453. The van der Waals surface area contributed by atoms with Crippen molar-refractivity contribution in [1.82, 2.24) is 5.32 Å².